The van der Waals surface area contributed by atoms with E-state index >= 15 is 0 Å². The highest BCUT2D eigenvalue weighted by Crippen LogP contribution is 2.23. The van der Waals surface area contributed by atoms with Crippen LogP contribution in [0, 0.1) is 0 Å². The van der Waals surface area contributed by atoms with Crippen LogP contribution >= 0.6 is 11.6 Å². The van der Waals surface area contributed by atoms with E-state index in [1.165, 1.54) is 16.4 Å². The fourth-order valence-electron chi connectivity index (χ4n) is 2.32. The lowest BCUT2D eigenvalue weighted by atomic mass is 10.3. The van der Waals surface area contributed by atoms with Crippen molar-refractivity contribution in [1.82, 2.24) is 4.31 Å². The second-order valence-corrected chi connectivity index (χ2v) is 7.73. The van der Waals surface area contributed by atoms with Crippen LogP contribution in [-0.4, -0.2) is 38.3 Å². The van der Waals surface area contributed by atoms with Gasteiger partial charge in [0.25, 0.3) is 5.91 Å². The van der Waals surface area contributed by atoms with E-state index in [0.717, 1.165) is 0 Å². The number of ether oxygens (including phenoxy) is 1. The van der Waals surface area contributed by atoms with Crippen LogP contribution in [0.25, 0.3) is 0 Å². The molecule has 0 atom stereocenters. The molecule has 0 aliphatic rings. The van der Waals surface area contributed by atoms with Crippen LogP contribution in [0.4, 0.5) is 5.69 Å². The zero-order valence-electron chi connectivity index (χ0n) is 14.6. The zero-order chi connectivity index (χ0) is 19.2. The van der Waals surface area contributed by atoms with Crippen LogP contribution in [0.1, 0.15) is 13.8 Å². The molecule has 1 amide bonds. The molecule has 8 heteroatoms. The van der Waals surface area contributed by atoms with E-state index in [2.05, 4.69) is 5.32 Å². The molecule has 2 aromatic rings. The Balaban J connectivity index is 1.98. The van der Waals surface area contributed by atoms with Gasteiger partial charge in [-0.15, -0.1) is 0 Å². The first-order valence-corrected chi connectivity index (χ1v) is 9.97. The Morgan fingerprint density at radius 2 is 1.69 bits per heavy atom. The van der Waals surface area contributed by atoms with Crippen molar-refractivity contribution in [3.05, 3.63) is 53.6 Å². The Hall–Kier alpha value is -2.09. The van der Waals surface area contributed by atoms with Gasteiger partial charge in [0.1, 0.15) is 5.75 Å². The van der Waals surface area contributed by atoms with E-state index in [1.807, 2.05) is 0 Å². The Kier molecular flexibility index (Phi) is 7.02. The van der Waals surface area contributed by atoms with Gasteiger partial charge in [-0.1, -0.05) is 37.6 Å². The molecule has 26 heavy (non-hydrogen) atoms. The highest BCUT2D eigenvalue weighted by Gasteiger charge is 2.21. The van der Waals surface area contributed by atoms with Crippen molar-refractivity contribution in [2.24, 2.45) is 0 Å². The molecule has 2 rings (SSSR count). The van der Waals surface area contributed by atoms with E-state index in [1.54, 1.807) is 50.2 Å². The predicted octanol–water partition coefficient (Wildman–Crippen LogP) is 3.39. The number of hydrogen-bond donors (Lipinski definition) is 1. The summed E-state index contributed by atoms with van der Waals surface area (Å²) in [7, 11) is -3.52. The summed E-state index contributed by atoms with van der Waals surface area (Å²) in [5.41, 5.74) is 0.483. The lowest BCUT2D eigenvalue weighted by Gasteiger charge is -2.18. The van der Waals surface area contributed by atoms with E-state index in [4.69, 9.17) is 16.3 Å². The third-order valence-corrected chi connectivity index (χ3v) is 6.05. The SMILES string of the molecule is CCN(CC)S(=O)(=O)c1ccc(NC(=O)COc2ccccc2Cl)cc1. The summed E-state index contributed by atoms with van der Waals surface area (Å²) in [4.78, 5) is 12.2. The van der Waals surface area contributed by atoms with Crippen molar-refractivity contribution >= 4 is 33.2 Å². The normalized spacial score (nSPS) is 11.4. The summed E-state index contributed by atoms with van der Waals surface area (Å²) in [5, 5.41) is 3.07. The quantitative estimate of drug-likeness (QED) is 0.742. The number of benzene rings is 2. The van der Waals surface area contributed by atoms with Gasteiger partial charge < -0.3 is 10.1 Å². The Morgan fingerprint density at radius 3 is 2.27 bits per heavy atom. The minimum atomic E-state index is -3.52. The Morgan fingerprint density at radius 1 is 1.08 bits per heavy atom. The van der Waals surface area contributed by atoms with Crippen LogP contribution in [0.5, 0.6) is 5.75 Å². The third-order valence-electron chi connectivity index (χ3n) is 3.68. The van der Waals surface area contributed by atoms with Crippen LogP contribution in [0.3, 0.4) is 0 Å². The molecule has 0 spiro atoms. The molecule has 6 nitrogen and oxygen atoms in total. The van der Waals surface area contributed by atoms with E-state index < -0.39 is 10.0 Å². The van der Waals surface area contributed by atoms with Crippen LogP contribution in [-0.2, 0) is 14.8 Å². The molecule has 0 aliphatic carbocycles. The maximum Gasteiger partial charge on any atom is 0.262 e. The van der Waals surface area contributed by atoms with Gasteiger partial charge in [-0.05, 0) is 36.4 Å². The minimum Gasteiger partial charge on any atom is -0.482 e. The van der Waals surface area contributed by atoms with Crippen molar-refractivity contribution in [1.29, 1.82) is 0 Å². The second kappa shape index (κ2) is 9.02. The smallest absolute Gasteiger partial charge is 0.262 e. The summed E-state index contributed by atoms with van der Waals surface area (Å²) in [6, 6.07) is 12.9. The summed E-state index contributed by atoms with van der Waals surface area (Å²) < 4.78 is 31.6. The molecule has 0 saturated carbocycles. The van der Waals surface area contributed by atoms with Crippen molar-refractivity contribution < 1.29 is 17.9 Å². The number of halogens is 1. The van der Waals surface area contributed by atoms with Crippen LogP contribution < -0.4 is 10.1 Å². The molecule has 0 radical (unpaired) electrons. The van der Waals surface area contributed by atoms with E-state index in [9.17, 15) is 13.2 Å². The molecule has 0 aliphatic heterocycles. The van der Waals surface area contributed by atoms with E-state index in [0.29, 0.717) is 29.5 Å². The summed E-state index contributed by atoms with van der Waals surface area (Å²) >= 11 is 5.96. The van der Waals surface area contributed by atoms with Gasteiger partial charge in [0.15, 0.2) is 6.61 Å². The lowest BCUT2D eigenvalue weighted by Crippen LogP contribution is -2.30. The molecule has 0 unspecified atom stereocenters. The van der Waals surface area contributed by atoms with Crippen molar-refractivity contribution in [3.8, 4) is 5.75 Å². The fraction of sp³-hybridized carbons (Fsp3) is 0.278. The number of para-hydroxylation sites is 1. The van der Waals surface area contributed by atoms with Gasteiger partial charge in [0.2, 0.25) is 10.0 Å². The molecule has 0 fully saturated rings. The molecular formula is C18H21ClN2O4S. The van der Waals surface area contributed by atoms with E-state index in [-0.39, 0.29) is 17.4 Å². The monoisotopic (exact) mass is 396 g/mol. The van der Waals surface area contributed by atoms with Crippen LogP contribution in [0.2, 0.25) is 5.02 Å². The Labute approximate surface area is 158 Å². The van der Waals surface area contributed by atoms with Crippen LogP contribution in [0.15, 0.2) is 53.4 Å². The largest absolute Gasteiger partial charge is 0.482 e. The molecule has 0 aromatic heterocycles. The average Bonchev–Trinajstić information content (AvgIpc) is 2.62. The number of hydrogen-bond acceptors (Lipinski definition) is 4. The van der Waals surface area contributed by atoms with Gasteiger partial charge in [0.05, 0.1) is 9.92 Å². The van der Waals surface area contributed by atoms with Gasteiger partial charge in [-0.2, -0.15) is 4.31 Å². The third kappa shape index (κ3) is 4.97. The van der Waals surface area contributed by atoms with Gasteiger partial charge in [-0.25, -0.2) is 8.42 Å². The fourth-order valence-corrected chi connectivity index (χ4v) is 3.97. The maximum absolute atomic E-state index is 12.4. The van der Waals surface area contributed by atoms with Gasteiger partial charge >= 0.3 is 0 Å². The van der Waals surface area contributed by atoms with Crippen molar-refractivity contribution in [3.63, 3.8) is 0 Å². The first-order chi connectivity index (χ1) is 12.4. The number of carbonyl (C=O) groups is 1. The average molecular weight is 397 g/mol. The minimum absolute atomic E-state index is 0.187. The van der Waals surface area contributed by atoms with Gasteiger partial charge in [-0.3, -0.25) is 4.79 Å². The number of nitrogens with one attached hydrogen (secondary N) is 1. The second-order valence-electron chi connectivity index (χ2n) is 5.38. The molecule has 0 bridgehead atoms. The number of nitrogens with zero attached hydrogens (tertiary/aromatic N) is 1. The molecule has 2 aromatic carbocycles. The highest BCUT2D eigenvalue weighted by atomic mass is 35.5. The first-order valence-electron chi connectivity index (χ1n) is 8.15. The van der Waals surface area contributed by atoms with Crippen molar-refractivity contribution in [2.75, 3.05) is 25.0 Å². The number of amides is 1. The molecular weight excluding hydrogens is 376 g/mol. The van der Waals surface area contributed by atoms with Gasteiger partial charge in [0, 0.05) is 18.8 Å². The molecule has 1 N–H and O–H groups in total. The predicted molar refractivity (Wildman–Crippen MR) is 102 cm³/mol. The maximum atomic E-state index is 12.4. The van der Waals surface area contributed by atoms with Crippen molar-refractivity contribution in [2.45, 2.75) is 18.7 Å². The molecule has 0 saturated heterocycles. The number of anilines is 1. The molecule has 140 valence electrons. The number of carbonyl (C=O) groups excluding carboxylic acids is 1. The molecule has 0 heterocycles. The number of rotatable bonds is 8. The standard InChI is InChI=1S/C18H21ClN2O4S/c1-3-21(4-2)26(23,24)15-11-9-14(10-12-15)20-18(22)13-25-17-8-6-5-7-16(17)19/h5-12H,3-4,13H2,1-2H3,(H,20,22). The topological polar surface area (TPSA) is 75.7 Å². The highest BCUT2D eigenvalue weighted by molar-refractivity contribution is 7.89. The Bertz CT molecular complexity index is 850. The first kappa shape index (κ1) is 20.2. The summed E-state index contributed by atoms with van der Waals surface area (Å²) in [6.07, 6.45) is 0. The summed E-state index contributed by atoms with van der Waals surface area (Å²) in [6.45, 7) is 4.17. The summed E-state index contributed by atoms with van der Waals surface area (Å²) in [5.74, 6) is 0.0502. The lowest BCUT2D eigenvalue weighted by molar-refractivity contribution is -0.118. The zero-order valence-corrected chi connectivity index (χ0v) is 16.2. The number of sulfonamides is 1.